The highest BCUT2D eigenvalue weighted by molar-refractivity contribution is 8.47. The van der Waals surface area contributed by atoms with Crippen LogP contribution in [0.4, 0.5) is 0 Å². The van der Waals surface area contributed by atoms with E-state index in [-0.39, 0.29) is 0 Å². The molecule has 0 aliphatic carbocycles. The minimum absolute atomic E-state index is 0.980. The van der Waals surface area contributed by atoms with Crippen LogP contribution in [0.3, 0.4) is 0 Å². The van der Waals surface area contributed by atoms with Gasteiger partial charge in [0.1, 0.15) is 0 Å². The Kier molecular flexibility index (Phi) is 7.52. The van der Waals surface area contributed by atoms with Gasteiger partial charge in [-0.1, -0.05) is 47.0 Å². The summed E-state index contributed by atoms with van der Waals surface area (Å²) in [6.45, 7) is 0. The third-order valence-electron chi connectivity index (χ3n) is 3.86. The second-order valence-electron chi connectivity index (χ2n) is 5.83. The van der Waals surface area contributed by atoms with Gasteiger partial charge >= 0.3 is 0 Å². The molecule has 29 heavy (non-hydrogen) atoms. The summed E-state index contributed by atoms with van der Waals surface area (Å²) in [6, 6.07) is 8.42. The summed E-state index contributed by atoms with van der Waals surface area (Å²) in [4.78, 5) is 8.27. The average Bonchev–Trinajstić information content (AvgIpc) is 3.47. The zero-order valence-corrected chi connectivity index (χ0v) is 21.4. The number of hydrogen-bond acceptors (Lipinski definition) is 10. The lowest BCUT2D eigenvalue weighted by molar-refractivity contribution is 1.27. The Morgan fingerprint density at radius 2 is 1.07 bits per heavy atom. The second-order valence-corrected chi connectivity index (χ2v) is 15.8. The summed E-state index contributed by atoms with van der Waals surface area (Å²) in [5, 5.41) is 1.17. The van der Waals surface area contributed by atoms with Gasteiger partial charge in [0, 0.05) is 41.4 Å². The first kappa shape index (κ1) is 21.2. The lowest BCUT2D eigenvalue weighted by Crippen LogP contribution is -1.82. The van der Waals surface area contributed by atoms with E-state index in [1.807, 2.05) is 119 Å². The van der Waals surface area contributed by atoms with Gasteiger partial charge < -0.3 is 0 Å². The molecule has 2 aromatic rings. The first-order chi connectivity index (χ1) is 14.3. The Hall–Kier alpha value is 0.320. The van der Waals surface area contributed by atoms with E-state index in [0.29, 0.717) is 0 Å². The largest absolute Gasteiger partial charge is 0.265 e. The molecule has 5 rings (SSSR count). The molecular formula is C19H14N2S8. The summed E-state index contributed by atoms with van der Waals surface area (Å²) in [5.41, 5.74) is 2.64. The molecule has 0 saturated heterocycles. The van der Waals surface area contributed by atoms with Crippen molar-refractivity contribution in [1.82, 2.24) is 9.97 Å². The highest BCUT2D eigenvalue weighted by Gasteiger charge is 2.32. The van der Waals surface area contributed by atoms with Crippen molar-refractivity contribution >= 4 is 94.1 Å². The number of hydrogen-bond donors (Lipinski definition) is 0. The van der Waals surface area contributed by atoms with Crippen LogP contribution in [0.1, 0.15) is 11.1 Å². The Morgan fingerprint density at radius 3 is 1.55 bits per heavy atom. The van der Waals surface area contributed by atoms with Gasteiger partial charge in [-0.25, -0.2) is 0 Å². The topological polar surface area (TPSA) is 25.8 Å². The van der Waals surface area contributed by atoms with E-state index in [1.165, 1.54) is 41.6 Å². The molecule has 0 radical (unpaired) electrons. The molecule has 0 atom stereocenters. The first-order valence-electron chi connectivity index (χ1n) is 8.58. The van der Waals surface area contributed by atoms with Crippen molar-refractivity contribution in [3.8, 4) is 0 Å². The van der Waals surface area contributed by atoms with Crippen LogP contribution in [-0.2, 0) is 11.5 Å². The maximum Gasteiger partial charge on any atom is 0.0717 e. The molecule has 2 aromatic heterocycles. The average molecular weight is 527 g/mol. The Bertz CT molecular complexity index is 912. The SMILES string of the molecule is c1cc(CSC2=C(SCc3ccncc3)SC(=C3SC4=C(SCS4)S3)S2)ccn1. The van der Waals surface area contributed by atoms with Gasteiger partial charge in [0.2, 0.25) is 0 Å². The molecule has 0 spiro atoms. The highest BCUT2D eigenvalue weighted by Crippen LogP contribution is 2.68. The molecule has 2 nitrogen and oxygen atoms in total. The van der Waals surface area contributed by atoms with Crippen LogP contribution >= 0.6 is 94.1 Å². The van der Waals surface area contributed by atoms with E-state index < -0.39 is 0 Å². The fraction of sp³-hybridized carbons (Fsp3) is 0.158. The molecule has 0 amide bonds. The van der Waals surface area contributed by atoms with Crippen molar-refractivity contribution in [2.24, 2.45) is 0 Å². The van der Waals surface area contributed by atoms with Crippen LogP contribution in [0.15, 0.2) is 74.5 Å². The van der Waals surface area contributed by atoms with Gasteiger partial charge in [0.05, 0.1) is 25.4 Å². The van der Waals surface area contributed by atoms with Gasteiger partial charge in [-0.15, -0.1) is 47.0 Å². The molecule has 3 aliphatic heterocycles. The molecule has 0 bridgehead atoms. The number of aromatic nitrogens is 2. The molecular weight excluding hydrogens is 513 g/mol. The normalized spacial score (nSPS) is 18.9. The molecule has 0 N–H and O–H groups in total. The van der Waals surface area contributed by atoms with Crippen LogP contribution in [0.25, 0.3) is 0 Å². The van der Waals surface area contributed by atoms with E-state index in [2.05, 4.69) is 34.2 Å². The maximum absolute atomic E-state index is 4.13. The monoisotopic (exact) mass is 526 g/mol. The molecule has 0 unspecified atom stereocenters. The van der Waals surface area contributed by atoms with E-state index >= 15 is 0 Å². The third-order valence-corrected chi connectivity index (χ3v) is 15.7. The summed E-state index contributed by atoms with van der Waals surface area (Å²) < 4.78 is 8.79. The van der Waals surface area contributed by atoms with Crippen molar-refractivity contribution in [2.75, 3.05) is 5.08 Å². The molecule has 3 aliphatic rings. The van der Waals surface area contributed by atoms with Gasteiger partial charge in [0.25, 0.3) is 0 Å². The minimum Gasteiger partial charge on any atom is -0.265 e. The molecule has 0 fully saturated rings. The minimum atomic E-state index is 0.980. The van der Waals surface area contributed by atoms with Gasteiger partial charge in [-0.05, 0) is 35.4 Å². The van der Waals surface area contributed by atoms with E-state index in [9.17, 15) is 0 Å². The van der Waals surface area contributed by atoms with E-state index in [0.717, 1.165) is 11.5 Å². The number of nitrogens with zero attached hydrogens (tertiary/aromatic N) is 2. The smallest absolute Gasteiger partial charge is 0.0717 e. The molecule has 10 heteroatoms. The van der Waals surface area contributed by atoms with Crippen LogP contribution in [0, 0.1) is 0 Å². The summed E-state index contributed by atoms with van der Waals surface area (Å²) in [5.74, 6) is 1.96. The molecule has 5 heterocycles. The van der Waals surface area contributed by atoms with Crippen molar-refractivity contribution in [3.05, 3.63) is 85.6 Å². The van der Waals surface area contributed by atoms with Gasteiger partial charge in [-0.3, -0.25) is 9.97 Å². The zero-order valence-electron chi connectivity index (χ0n) is 14.9. The summed E-state index contributed by atoms with van der Waals surface area (Å²) in [7, 11) is 0. The summed E-state index contributed by atoms with van der Waals surface area (Å²) in [6.07, 6.45) is 7.51. The highest BCUT2D eigenvalue weighted by atomic mass is 32.3. The van der Waals surface area contributed by atoms with Crippen LogP contribution < -0.4 is 0 Å². The Balaban J connectivity index is 1.31. The Labute approximate surface area is 204 Å². The van der Waals surface area contributed by atoms with Gasteiger partial charge in [-0.2, -0.15) is 0 Å². The number of thioether (sulfide) groups is 8. The van der Waals surface area contributed by atoms with Crippen molar-refractivity contribution in [3.63, 3.8) is 0 Å². The molecule has 0 aromatic carbocycles. The lowest BCUT2D eigenvalue weighted by Gasteiger charge is -2.05. The number of pyridine rings is 2. The Morgan fingerprint density at radius 1 is 0.621 bits per heavy atom. The zero-order chi connectivity index (χ0) is 19.5. The third kappa shape index (κ3) is 5.39. The van der Waals surface area contributed by atoms with E-state index in [4.69, 9.17) is 0 Å². The van der Waals surface area contributed by atoms with Crippen LogP contribution in [-0.4, -0.2) is 15.1 Å². The van der Waals surface area contributed by atoms with Crippen molar-refractivity contribution in [2.45, 2.75) is 11.5 Å². The predicted octanol–water partition coefficient (Wildman–Crippen LogP) is 8.42. The summed E-state index contributed by atoms with van der Waals surface area (Å²) >= 11 is 15.7. The first-order valence-corrected chi connectivity index (χ1v) is 15.8. The van der Waals surface area contributed by atoms with Gasteiger partial charge in [0.15, 0.2) is 0 Å². The van der Waals surface area contributed by atoms with Crippen molar-refractivity contribution in [1.29, 1.82) is 0 Å². The standard InChI is InChI=1S/C19H14N2S8/c1-5-20-6-2-12(1)9-22-14-15(23-10-13-3-7-21-8-4-13)27-18(26-14)19-28-16-17(29-19)25-11-24-16/h1-8H,9-11H2. The van der Waals surface area contributed by atoms with Crippen LogP contribution in [0.2, 0.25) is 0 Å². The molecule has 148 valence electrons. The fourth-order valence-corrected chi connectivity index (χ4v) is 14.9. The van der Waals surface area contributed by atoms with E-state index in [1.54, 1.807) is 0 Å². The predicted molar refractivity (Wildman–Crippen MR) is 143 cm³/mol. The lowest BCUT2D eigenvalue weighted by atomic mass is 10.3. The quantitative estimate of drug-likeness (QED) is 0.365. The number of rotatable bonds is 6. The fourth-order valence-electron chi connectivity index (χ4n) is 2.46. The molecule has 0 saturated carbocycles. The maximum atomic E-state index is 4.13. The second kappa shape index (κ2) is 10.3. The van der Waals surface area contributed by atoms with Crippen LogP contribution in [0.5, 0.6) is 0 Å². The van der Waals surface area contributed by atoms with Crippen molar-refractivity contribution < 1.29 is 0 Å².